The zero-order valence-corrected chi connectivity index (χ0v) is 12.6. The lowest BCUT2D eigenvalue weighted by molar-refractivity contribution is 0.0670. The number of aliphatic hydroxyl groups is 1. The van der Waals surface area contributed by atoms with Crippen molar-refractivity contribution < 1.29 is 14.3 Å². The number of aliphatic hydroxyl groups excluding tert-OH is 1. The summed E-state index contributed by atoms with van der Waals surface area (Å²) in [6, 6.07) is 4.86. The first-order valence-electron chi connectivity index (χ1n) is 6.56. The average Bonchev–Trinajstić information content (AvgIpc) is 2.73. The van der Waals surface area contributed by atoms with Gasteiger partial charge in [0, 0.05) is 22.7 Å². The molecule has 0 aliphatic heterocycles. The summed E-state index contributed by atoms with van der Waals surface area (Å²) in [6.45, 7) is 5.77. The third-order valence-electron chi connectivity index (χ3n) is 3.32. The molecule has 1 amide bonds. The van der Waals surface area contributed by atoms with Gasteiger partial charge in [-0.05, 0) is 38.5 Å². The molecule has 108 valence electrons. The molecule has 3 nitrogen and oxygen atoms in total. The van der Waals surface area contributed by atoms with Gasteiger partial charge in [-0.25, -0.2) is 4.39 Å². The van der Waals surface area contributed by atoms with Gasteiger partial charge in [0.05, 0.1) is 11.5 Å². The Morgan fingerprint density at radius 1 is 1.45 bits per heavy atom. The lowest BCUT2D eigenvalue weighted by atomic mass is 10.1. The fourth-order valence-electron chi connectivity index (χ4n) is 2.29. The monoisotopic (exact) mass is 295 g/mol. The number of amides is 1. The maximum absolute atomic E-state index is 13.9. The van der Waals surface area contributed by atoms with Crippen LogP contribution in [0.25, 0.3) is 10.1 Å². The van der Waals surface area contributed by atoms with Gasteiger partial charge in [-0.1, -0.05) is 6.07 Å². The van der Waals surface area contributed by atoms with Crippen molar-refractivity contribution in [1.82, 2.24) is 4.90 Å². The van der Waals surface area contributed by atoms with Gasteiger partial charge in [-0.15, -0.1) is 11.3 Å². The van der Waals surface area contributed by atoms with Gasteiger partial charge in [0.1, 0.15) is 5.82 Å². The van der Waals surface area contributed by atoms with E-state index in [4.69, 9.17) is 5.11 Å². The molecule has 0 saturated carbocycles. The predicted octanol–water partition coefficient (Wildman–Crippen LogP) is 3.19. The number of carbonyl (C=O) groups is 1. The third kappa shape index (κ3) is 2.55. The number of fused-ring (bicyclic) bond motifs is 1. The summed E-state index contributed by atoms with van der Waals surface area (Å²) in [7, 11) is 0. The quantitative estimate of drug-likeness (QED) is 0.941. The Morgan fingerprint density at radius 2 is 2.15 bits per heavy atom. The first-order chi connectivity index (χ1) is 9.47. The van der Waals surface area contributed by atoms with Gasteiger partial charge in [-0.2, -0.15) is 0 Å². The molecule has 0 aliphatic rings. The Morgan fingerprint density at radius 3 is 2.70 bits per heavy atom. The summed E-state index contributed by atoms with van der Waals surface area (Å²) in [6.07, 6.45) is 0. The lowest BCUT2D eigenvalue weighted by Gasteiger charge is -2.25. The van der Waals surface area contributed by atoms with Crippen LogP contribution in [-0.2, 0) is 0 Å². The molecule has 0 aliphatic carbocycles. The fourth-order valence-corrected chi connectivity index (χ4v) is 3.47. The molecular formula is C15H18FNO2S. The van der Waals surface area contributed by atoms with E-state index in [0.717, 1.165) is 4.70 Å². The SMILES string of the molecule is Cc1c(C(=O)N(CCO)C(C)C)sc2cccc(F)c12. The summed E-state index contributed by atoms with van der Waals surface area (Å²) in [5.41, 5.74) is 0.677. The molecule has 0 atom stereocenters. The van der Waals surface area contributed by atoms with Crippen molar-refractivity contribution in [3.05, 3.63) is 34.5 Å². The van der Waals surface area contributed by atoms with Crippen molar-refractivity contribution in [1.29, 1.82) is 0 Å². The van der Waals surface area contributed by atoms with Crippen molar-refractivity contribution in [3.8, 4) is 0 Å². The normalized spacial score (nSPS) is 11.3. The van der Waals surface area contributed by atoms with Gasteiger partial charge in [-0.3, -0.25) is 4.79 Å². The lowest BCUT2D eigenvalue weighted by Crippen LogP contribution is -2.38. The molecular weight excluding hydrogens is 277 g/mol. The van der Waals surface area contributed by atoms with Crippen LogP contribution < -0.4 is 0 Å². The van der Waals surface area contributed by atoms with E-state index in [-0.39, 0.29) is 30.9 Å². The maximum atomic E-state index is 13.9. The van der Waals surface area contributed by atoms with E-state index in [1.54, 1.807) is 17.9 Å². The molecule has 5 heteroatoms. The van der Waals surface area contributed by atoms with E-state index in [1.165, 1.54) is 17.4 Å². The summed E-state index contributed by atoms with van der Waals surface area (Å²) in [5.74, 6) is -0.444. The number of benzene rings is 1. The van der Waals surface area contributed by atoms with Crippen LogP contribution >= 0.6 is 11.3 Å². The Labute approximate surface area is 121 Å². The molecule has 0 bridgehead atoms. The van der Waals surface area contributed by atoms with Crippen LogP contribution in [0, 0.1) is 12.7 Å². The highest BCUT2D eigenvalue weighted by atomic mass is 32.1. The molecule has 1 aromatic heterocycles. The second-order valence-corrected chi connectivity index (χ2v) is 6.04. The van der Waals surface area contributed by atoms with E-state index in [1.807, 2.05) is 19.9 Å². The van der Waals surface area contributed by atoms with Gasteiger partial charge < -0.3 is 10.0 Å². The molecule has 0 spiro atoms. The second kappa shape index (κ2) is 5.89. The van der Waals surface area contributed by atoms with E-state index >= 15 is 0 Å². The Balaban J connectivity index is 2.49. The third-order valence-corrected chi connectivity index (χ3v) is 4.57. The number of rotatable bonds is 4. The molecule has 1 N–H and O–H groups in total. The van der Waals surface area contributed by atoms with Crippen LogP contribution in [0.5, 0.6) is 0 Å². The Kier molecular flexibility index (Phi) is 4.40. The van der Waals surface area contributed by atoms with E-state index in [0.29, 0.717) is 15.8 Å². The standard InChI is InChI=1S/C15H18FNO2S/c1-9(2)17(7-8-18)15(19)14-10(3)13-11(16)5-4-6-12(13)20-14/h4-6,9,18H,7-8H2,1-3H3. The van der Waals surface area contributed by atoms with Crippen molar-refractivity contribution >= 4 is 27.3 Å². The minimum absolute atomic E-state index is 0.0101. The largest absolute Gasteiger partial charge is 0.395 e. The number of hydrogen-bond acceptors (Lipinski definition) is 3. The first-order valence-corrected chi connectivity index (χ1v) is 7.38. The Bertz CT molecular complexity index is 636. The number of halogens is 1. The molecule has 2 aromatic rings. The van der Waals surface area contributed by atoms with E-state index in [2.05, 4.69) is 0 Å². The van der Waals surface area contributed by atoms with Crippen molar-refractivity contribution in [2.45, 2.75) is 26.8 Å². The molecule has 20 heavy (non-hydrogen) atoms. The topological polar surface area (TPSA) is 40.5 Å². The minimum atomic E-state index is -0.298. The van der Waals surface area contributed by atoms with Crippen LogP contribution in [0.3, 0.4) is 0 Å². The zero-order valence-electron chi connectivity index (χ0n) is 11.8. The first kappa shape index (κ1) is 14.9. The smallest absolute Gasteiger partial charge is 0.264 e. The number of hydrogen-bond donors (Lipinski definition) is 1. The van der Waals surface area contributed by atoms with Crippen LogP contribution in [-0.4, -0.2) is 35.1 Å². The maximum Gasteiger partial charge on any atom is 0.264 e. The molecule has 0 fully saturated rings. The summed E-state index contributed by atoms with van der Waals surface area (Å²) >= 11 is 1.30. The number of carbonyl (C=O) groups excluding carboxylic acids is 1. The molecule has 2 rings (SSSR count). The summed E-state index contributed by atoms with van der Waals surface area (Å²) in [4.78, 5) is 14.7. The predicted molar refractivity (Wildman–Crippen MR) is 79.8 cm³/mol. The van der Waals surface area contributed by atoms with Crippen molar-refractivity contribution in [2.75, 3.05) is 13.2 Å². The molecule has 1 aromatic carbocycles. The van der Waals surface area contributed by atoms with Crippen LogP contribution in [0.2, 0.25) is 0 Å². The highest BCUT2D eigenvalue weighted by Gasteiger charge is 2.23. The van der Waals surface area contributed by atoms with E-state index < -0.39 is 0 Å². The van der Waals surface area contributed by atoms with Crippen LogP contribution in [0.1, 0.15) is 29.1 Å². The minimum Gasteiger partial charge on any atom is -0.395 e. The van der Waals surface area contributed by atoms with Crippen LogP contribution in [0.4, 0.5) is 4.39 Å². The zero-order chi connectivity index (χ0) is 14.9. The van der Waals surface area contributed by atoms with Crippen LogP contribution in [0.15, 0.2) is 18.2 Å². The molecule has 0 unspecified atom stereocenters. The summed E-state index contributed by atoms with van der Waals surface area (Å²) < 4.78 is 14.6. The van der Waals surface area contributed by atoms with Crippen molar-refractivity contribution in [3.63, 3.8) is 0 Å². The highest BCUT2D eigenvalue weighted by molar-refractivity contribution is 7.21. The molecule has 0 saturated heterocycles. The molecule has 1 heterocycles. The van der Waals surface area contributed by atoms with Gasteiger partial charge >= 0.3 is 0 Å². The van der Waals surface area contributed by atoms with Crippen molar-refractivity contribution in [2.24, 2.45) is 0 Å². The highest BCUT2D eigenvalue weighted by Crippen LogP contribution is 2.33. The van der Waals surface area contributed by atoms with Gasteiger partial charge in [0.25, 0.3) is 5.91 Å². The molecule has 0 radical (unpaired) electrons. The number of thiophene rings is 1. The second-order valence-electron chi connectivity index (χ2n) is 4.99. The fraction of sp³-hybridized carbons (Fsp3) is 0.400. The van der Waals surface area contributed by atoms with E-state index in [9.17, 15) is 9.18 Å². The van der Waals surface area contributed by atoms with Gasteiger partial charge in [0.2, 0.25) is 0 Å². The van der Waals surface area contributed by atoms with Gasteiger partial charge in [0.15, 0.2) is 0 Å². The number of aryl methyl sites for hydroxylation is 1. The Hall–Kier alpha value is -1.46. The number of nitrogens with zero attached hydrogens (tertiary/aromatic N) is 1. The average molecular weight is 295 g/mol. The summed E-state index contributed by atoms with van der Waals surface area (Å²) in [5, 5.41) is 9.61.